The van der Waals surface area contributed by atoms with Crippen molar-refractivity contribution in [2.45, 2.75) is 26.1 Å². The Kier molecular flexibility index (Phi) is 7.56. The van der Waals surface area contributed by atoms with E-state index in [1.54, 1.807) is 0 Å². The van der Waals surface area contributed by atoms with Gasteiger partial charge in [-0.15, -0.1) is 0 Å². The lowest BCUT2D eigenvalue weighted by atomic mass is 10.2. The average Bonchev–Trinajstić information content (AvgIpc) is 2.52. The van der Waals surface area contributed by atoms with Gasteiger partial charge in [-0.2, -0.15) is 13.2 Å². The maximum atomic E-state index is 12.5. The molecule has 0 aliphatic heterocycles. The summed E-state index contributed by atoms with van der Waals surface area (Å²) in [6, 6.07) is 2.92. The van der Waals surface area contributed by atoms with Crippen molar-refractivity contribution in [2.75, 3.05) is 25.0 Å². The second-order valence-electron chi connectivity index (χ2n) is 5.59. The predicted octanol–water partition coefficient (Wildman–Crippen LogP) is 1.56. The molecule has 2 amide bonds. The van der Waals surface area contributed by atoms with E-state index in [9.17, 15) is 27.6 Å². The molecule has 1 unspecified atom stereocenters. The molecular weight excluding hydrogens is 355 g/mol. The molecule has 0 saturated carbocycles. The zero-order valence-corrected chi connectivity index (χ0v) is 14.3. The first-order valence-corrected chi connectivity index (χ1v) is 7.69. The minimum absolute atomic E-state index is 0.119. The lowest BCUT2D eigenvalue weighted by Gasteiger charge is -2.25. The Bertz CT molecular complexity index is 647. The Labute approximate surface area is 148 Å². The molecule has 1 aromatic carbocycles. The summed E-state index contributed by atoms with van der Waals surface area (Å²) < 4.78 is 37.5. The molecule has 0 fully saturated rings. The second-order valence-corrected chi connectivity index (χ2v) is 5.59. The Morgan fingerprint density at radius 1 is 1.19 bits per heavy atom. The van der Waals surface area contributed by atoms with Crippen LogP contribution in [0.2, 0.25) is 0 Å². The largest absolute Gasteiger partial charge is 0.480 e. The highest BCUT2D eigenvalue weighted by molar-refractivity contribution is 5.92. The molecule has 0 aliphatic rings. The van der Waals surface area contributed by atoms with Gasteiger partial charge >= 0.3 is 12.1 Å². The molecule has 0 bridgehead atoms. The van der Waals surface area contributed by atoms with Gasteiger partial charge in [0.2, 0.25) is 11.8 Å². The lowest BCUT2D eigenvalue weighted by Crippen LogP contribution is -2.46. The van der Waals surface area contributed by atoms with Crippen LogP contribution in [0, 0.1) is 0 Å². The maximum Gasteiger partial charge on any atom is 0.416 e. The van der Waals surface area contributed by atoms with E-state index in [2.05, 4.69) is 10.6 Å². The van der Waals surface area contributed by atoms with Gasteiger partial charge in [0.1, 0.15) is 6.04 Å². The van der Waals surface area contributed by atoms with Crippen LogP contribution < -0.4 is 10.6 Å². The van der Waals surface area contributed by atoms with E-state index < -0.39 is 29.7 Å². The minimum atomic E-state index is -4.47. The number of nitrogens with zero attached hydrogens (tertiary/aromatic N) is 1. The third kappa shape index (κ3) is 7.09. The molecule has 0 heterocycles. The third-order valence-electron chi connectivity index (χ3n) is 3.52. The van der Waals surface area contributed by atoms with Gasteiger partial charge in [0.25, 0.3) is 0 Å². The number of alkyl halides is 3. The molecule has 0 aromatic heterocycles. The highest BCUT2D eigenvalue weighted by atomic mass is 19.4. The van der Waals surface area contributed by atoms with E-state index in [1.807, 2.05) is 0 Å². The van der Waals surface area contributed by atoms with Crippen LogP contribution in [-0.2, 0) is 20.6 Å². The van der Waals surface area contributed by atoms with Crippen molar-refractivity contribution in [1.29, 1.82) is 0 Å². The SMILES string of the molecule is CC(=O)NCCN(CC(=O)Nc1ccc(C(F)(F)F)cc1)C(C)C(=O)O. The summed E-state index contributed by atoms with van der Waals surface area (Å²) in [5, 5.41) is 14.0. The third-order valence-corrected chi connectivity index (χ3v) is 3.52. The van der Waals surface area contributed by atoms with Gasteiger partial charge in [0, 0.05) is 25.7 Å². The van der Waals surface area contributed by atoms with Gasteiger partial charge in [-0.05, 0) is 31.2 Å². The smallest absolute Gasteiger partial charge is 0.416 e. The second kappa shape index (κ2) is 9.18. The number of carbonyl (C=O) groups excluding carboxylic acids is 2. The number of hydrogen-bond donors (Lipinski definition) is 3. The first kappa shape index (κ1) is 21.4. The minimum Gasteiger partial charge on any atom is -0.480 e. The summed E-state index contributed by atoms with van der Waals surface area (Å²) in [6.45, 7) is 2.67. The molecule has 0 spiro atoms. The van der Waals surface area contributed by atoms with E-state index in [0.717, 1.165) is 24.3 Å². The van der Waals surface area contributed by atoms with Crippen molar-refractivity contribution in [3.63, 3.8) is 0 Å². The Morgan fingerprint density at radius 3 is 2.23 bits per heavy atom. The van der Waals surface area contributed by atoms with Gasteiger partial charge in [-0.1, -0.05) is 0 Å². The molecule has 10 heteroatoms. The molecule has 3 N–H and O–H groups in total. The lowest BCUT2D eigenvalue weighted by molar-refractivity contribution is -0.143. The van der Waals surface area contributed by atoms with Crippen LogP contribution in [0.15, 0.2) is 24.3 Å². The molecule has 1 rings (SSSR count). The van der Waals surface area contributed by atoms with Crippen molar-refractivity contribution in [3.8, 4) is 0 Å². The van der Waals surface area contributed by atoms with Crippen LogP contribution in [-0.4, -0.2) is 53.5 Å². The summed E-state index contributed by atoms with van der Waals surface area (Å²) >= 11 is 0. The van der Waals surface area contributed by atoms with Crippen molar-refractivity contribution < 1.29 is 32.7 Å². The molecule has 26 heavy (non-hydrogen) atoms. The molecular formula is C16H20F3N3O4. The van der Waals surface area contributed by atoms with Gasteiger partial charge in [-0.25, -0.2) is 0 Å². The zero-order chi connectivity index (χ0) is 19.9. The standard InChI is InChI=1S/C16H20F3N3O4/c1-10(15(25)26)22(8-7-20-11(2)23)9-14(24)21-13-5-3-12(4-6-13)16(17,18)19/h3-6,10H,7-9H2,1-2H3,(H,20,23)(H,21,24)(H,25,26). The molecule has 0 radical (unpaired) electrons. The van der Waals surface area contributed by atoms with Gasteiger partial charge in [0.05, 0.1) is 12.1 Å². The quantitative estimate of drug-likeness (QED) is 0.640. The molecule has 0 aliphatic carbocycles. The van der Waals surface area contributed by atoms with Crippen molar-refractivity contribution in [3.05, 3.63) is 29.8 Å². The molecule has 1 atom stereocenters. The highest BCUT2D eigenvalue weighted by Crippen LogP contribution is 2.29. The fraction of sp³-hybridized carbons (Fsp3) is 0.438. The summed E-state index contributed by atoms with van der Waals surface area (Å²) in [4.78, 5) is 35.4. The monoisotopic (exact) mass is 375 g/mol. The fourth-order valence-electron chi connectivity index (χ4n) is 2.07. The van der Waals surface area contributed by atoms with E-state index in [0.29, 0.717) is 0 Å². The fourth-order valence-corrected chi connectivity index (χ4v) is 2.07. The van der Waals surface area contributed by atoms with Crippen LogP contribution in [0.5, 0.6) is 0 Å². The number of halogens is 3. The van der Waals surface area contributed by atoms with Crippen LogP contribution in [0.4, 0.5) is 18.9 Å². The number of rotatable bonds is 8. The maximum absolute atomic E-state index is 12.5. The van der Waals surface area contributed by atoms with Crippen LogP contribution in [0.25, 0.3) is 0 Å². The van der Waals surface area contributed by atoms with Gasteiger partial charge in [-0.3, -0.25) is 19.3 Å². The number of aliphatic carboxylic acids is 1. The Balaban J connectivity index is 2.70. The van der Waals surface area contributed by atoms with Crippen molar-refractivity contribution in [1.82, 2.24) is 10.2 Å². The number of amides is 2. The number of hydrogen-bond acceptors (Lipinski definition) is 4. The number of nitrogens with one attached hydrogen (secondary N) is 2. The zero-order valence-electron chi connectivity index (χ0n) is 14.3. The van der Waals surface area contributed by atoms with Gasteiger partial charge < -0.3 is 15.7 Å². The number of benzene rings is 1. The molecule has 0 saturated heterocycles. The van der Waals surface area contributed by atoms with Gasteiger partial charge in [0.15, 0.2) is 0 Å². The summed E-state index contributed by atoms with van der Waals surface area (Å²) in [7, 11) is 0. The van der Waals surface area contributed by atoms with Crippen LogP contribution >= 0.6 is 0 Å². The van der Waals surface area contributed by atoms with Crippen LogP contribution in [0.3, 0.4) is 0 Å². The Morgan fingerprint density at radius 2 is 1.77 bits per heavy atom. The van der Waals surface area contributed by atoms with E-state index in [1.165, 1.54) is 18.7 Å². The van der Waals surface area contributed by atoms with Crippen molar-refractivity contribution in [2.24, 2.45) is 0 Å². The number of carbonyl (C=O) groups is 3. The normalized spacial score (nSPS) is 12.5. The van der Waals surface area contributed by atoms with E-state index in [4.69, 9.17) is 5.11 Å². The molecule has 1 aromatic rings. The first-order chi connectivity index (χ1) is 12.0. The topological polar surface area (TPSA) is 98.7 Å². The first-order valence-electron chi connectivity index (χ1n) is 7.69. The molecule has 7 nitrogen and oxygen atoms in total. The predicted molar refractivity (Wildman–Crippen MR) is 87.4 cm³/mol. The molecule has 144 valence electrons. The van der Waals surface area contributed by atoms with E-state index >= 15 is 0 Å². The number of carboxylic acid groups (broad SMARTS) is 1. The average molecular weight is 375 g/mol. The summed E-state index contributed by atoms with van der Waals surface area (Å²) in [5.74, 6) is -2.02. The van der Waals surface area contributed by atoms with Crippen LogP contribution in [0.1, 0.15) is 19.4 Å². The summed E-state index contributed by atoms with van der Waals surface area (Å²) in [5.41, 5.74) is -0.681. The van der Waals surface area contributed by atoms with E-state index in [-0.39, 0.29) is 31.2 Å². The number of anilines is 1. The Hall–Kier alpha value is -2.62. The van der Waals surface area contributed by atoms with Crippen molar-refractivity contribution >= 4 is 23.5 Å². The summed E-state index contributed by atoms with van der Waals surface area (Å²) in [6.07, 6.45) is -4.47. The highest BCUT2D eigenvalue weighted by Gasteiger charge is 2.30. The number of carboxylic acids is 1.